The number of anilines is 1. The molecule has 0 saturated heterocycles. The van der Waals surface area contributed by atoms with Gasteiger partial charge in [-0.2, -0.15) is 18.3 Å². The van der Waals surface area contributed by atoms with Crippen LogP contribution in [-0.4, -0.2) is 52.2 Å². The first-order valence-corrected chi connectivity index (χ1v) is 10.6. The monoisotopic (exact) mass is 511 g/mol. The minimum atomic E-state index is -4.91. The Hall–Kier alpha value is -4.03. The van der Waals surface area contributed by atoms with Crippen LogP contribution in [0, 0.1) is 5.82 Å². The summed E-state index contributed by atoms with van der Waals surface area (Å²) in [5.74, 6) is -0.665. The maximum atomic E-state index is 14.6. The van der Waals surface area contributed by atoms with Crippen molar-refractivity contribution in [3.05, 3.63) is 69.9 Å². The summed E-state index contributed by atoms with van der Waals surface area (Å²) < 4.78 is 73.6. The summed E-state index contributed by atoms with van der Waals surface area (Å²) in [5, 5.41) is 7.59. The van der Waals surface area contributed by atoms with E-state index >= 15 is 0 Å². The third kappa shape index (κ3) is 6.55. The number of benzene rings is 1. The smallest absolute Gasteiger partial charge is 0.423 e. The fraction of sp³-hybridized carbons (Fsp3) is 0.304. The summed E-state index contributed by atoms with van der Waals surface area (Å²) in [4.78, 5) is 28.3. The lowest BCUT2D eigenvalue weighted by Crippen LogP contribution is -2.30. The van der Waals surface area contributed by atoms with Crippen molar-refractivity contribution >= 4 is 18.0 Å². The highest BCUT2D eigenvalue weighted by Gasteiger charge is 2.37. The molecule has 36 heavy (non-hydrogen) atoms. The van der Waals surface area contributed by atoms with E-state index in [2.05, 4.69) is 15.4 Å². The van der Waals surface area contributed by atoms with Gasteiger partial charge in [-0.3, -0.25) is 9.59 Å². The normalized spacial score (nSPS) is 13.5. The van der Waals surface area contributed by atoms with E-state index in [4.69, 9.17) is 4.42 Å². The molecule has 1 aromatic carbocycles. The van der Waals surface area contributed by atoms with Crippen molar-refractivity contribution in [2.45, 2.75) is 31.7 Å². The molecule has 3 aromatic rings. The Labute approximate surface area is 201 Å². The highest BCUT2D eigenvalue weighted by molar-refractivity contribution is 5.83. The van der Waals surface area contributed by atoms with E-state index in [0.29, 0.717) is 11.8 Å². The number of hydrogen-bond acceptors (Lipinski definition) is 7. The standard InChI is InChI=1S/C23H22F5N5O3/c1-13(31-19-10-30-32-21(35)20(19)23(26,27)28)7-16(24)11-33(2)5-3-14-8-17(22-29-4-6-36-22)18(25)9-15(14)12-34/h3-6,8-10,12-13,16H,7,11H2,1-2H3,(H2,31,32,35)/b5-3-. The summed E-state index contributed by atoms with van der Waals surface area (Å²) in [6.45, 7) is 1.34. The fourth-order valence-electron chi connectivity index (χ4n) is 3.52. The van der Waals surface area contributed by atoms with E-state index in [9.17, 15) is 31.5 Å². The van der Waals surface area contributed by atoms with Crippen LogP contribution in [0.5, 0.6) is 0 Å². The maximum Gasteiger partial charge on any atom is 0.423 e. The van der Waals surface area contributed by atoms with Crippen molar-refractivity contribution in [3.63, 3.8) is 0 Å². The van der Waals surface area contributed by atoms with Crippen LogP contribution in [0.2, 0.25) is 0 Å². The van der Waals surface area contributed by atoms with Gasteiger partial charge < -0.3 is 14.6 Å². The number of rotatable bonds is 10. The molecule has 0 fully saturated rings. The number of aromatic nitrogens is 3. The molecule has 13 heteroatoms. The number of carbonyl (C=O) groups is 1. The Morgan fingerprint density at radius 1 is 1.28 bits per heavy atom. The molecule has 0 amide bonds. The topological polar surface area (TPSA) is 104 Å². The summed E-state index contributed by atoms with van der Waals surface area (Å²) in [6, 6.07) is 1.65. The number of halogens is 5. The highest BCUT2D eigenvalue weighted by Crippen LogP contribution is 2.32. The molecule has 0 spiro atoms. The van der Waals surface area contributed by atoms with Crippen molar-refractivity contribution in [1.29, 1.82) is 0 Å². The Balaban J connectivity index is 1.65. The van der Waals surface area contributed by atoms with Crippen LogP contribution in [0.15, 0.2) is 46.2 Å². The summed E-state index contributed by atoms with van der Waals surface area (Å²) in [6.07, 6.45) is 0.341. The number of aldehydes is 1. The molecule has 2 heterocycles. The zero-order valence-corrected chi connectivity index (χ0v) is 19.1. The molecular formula is C23H22F5N5O3. The van der Waals surface area contributed by atoms with Gasteiger partial charge in [0.05, 0.1) is 23.6 Å². The predicted octanol–water partition coefficient (Wildman–Crippen LogP) is 4.53. The molecule has 0 saturated carbocycles. The molecule has 0 aliphatic carbocycles. The third-order valence-electron chi connectivity index (χ3n) is 5.11. The number of carbonyl (C=O) groups excluding carboxylic acids is 1. The molecule has 2 aromatic heterocycles. The third-order valence-corrected chi connectivity index (χ3v) is 5.11. The molecule has 0 radical (unpaired) electrons. The minimum absolute atomic E-state index is 0.0301. The zero-order valence-electron chi connectivity index (χ0n) is 19.1. The van der Waals surface area contributed by atoms with E-state index in [1.165, 1.54) is 42.6 Å². The van der Waals surface area contributed by atoms with E-state index in [-0.39, 0.29) is 30.0 Å². The van der Waals surface area contributed by atoms with Gasteiger partial charge in [0.1, 0.15) is 23.8 Å². The molecule has 2 unspecified atom stereocenters. The van der Waals surface area contributed by atoms with Crippen molar-refractivity contribution in [2.24, 2.45) is 0 Å². The number of aromatic amines is 1. The lowest BCUT2D eigenvalue weighted by atomic mass is 10.0. The average Bonchev–Trinajstić information content (AvgIpc) is 3.31. The Bertz CT molecular complexity index is 1270. The molecule has 8 nitrogen and oxygen atoms in total. The van der Waals surface area contributed by atoms with Crippen molar-refractivity contribution < 1.29 is 31.2 Å². The van der Waals surface area contributed by atoms with Gasteiger partial charge in [-0.25, -0.2) is 18.9 Å². The molecule has 0 aliphatic heterocycles. The summed E-state index contributed by atoms with van der Waals surface area (Å²) >= 11 is 0. The van der Waals surface area contributed by atoms with Gasteiger partial charge >= 0.3 is 6.18 Å². The molecular weight excluding hydrogens is 489 g/mol. The van der Waals surface area contributed by atoms with E-state index in [0.717, 1.165) is 12.3 Å². The predicted molar refractivity (Wildman–Crippen MR) is 121 cm³/mol. The van der Waals surface area contributed by atoms with Gasteiger partial charge in [-0.1, -0.05) is 0 Å². The number of oxazole rings is 1. The molecule has 192 valence electrons. The van der Waals surface area contributed by atoms with Crippen LogP contribution >= 0.6 is 0 Å². The maximum absolute atomic E-state index is 14.6. The van der Waals surface area contributed by atoms with Gasteiger partial charge in [0.2, 0.25) is 5.89 Å². The number of nitrogens with one attached hydrogen (secondary N) is 2. The lowest BCUT2D eigenvalue weighted by molar-refractivity contribution is -0.138. The molecule has 3 rings (SSSR count). The van der Waals surface area contributed by atoms with E-state index < -0.39 is 41.0 Å². The van der Waals surface area contributed by atoms with Crippen LogP contribution < -0.4 is 10.9 Å². The van der Waals surface area contributed by atoms with Crippen LogP contribution in [0.25, 0.3) is 17.5 Å². The van der Waals surface area contributed by atoms with Crippen molar-refractivity contribution in [1.82, 2.24) is 20.1 Å². The first-order chi connectivity index (χ1) is 17.0. The number of alkyl halides is 4. The highest BCUT2D eigenvalue weighted by atomic mass is 19.4. The summed E-state index contributed by atoms with van der Waals surface area (Å²) in [5.41, 5.74) is -2.92. The van der Waals surface area contributed by atoms with E-state index in [1.807, 2.05) is 0 Å². The minimum Gasteiger partial charge on any atom is -0.444 e. The summed E-state index contributed by atoms with van der Waals surface area (Å²) in [7, 11) is 1.56. The first kappa shape index (κ1) is 26.6. The van der Waals surface area contributed by atoms with Crippen LogP contribution in [0.3, 0.4) is 0 Å². The van der Waals surface area contributed by atoms with E-state index in [1.54, 1.807) is 12.1 Å². The second kappa shape index (κ2) is 11.1. The number of nitrogens with zero attached hydrogens (tertiary/aromatic N) is 3. The molecule has 0 aliphatic rings. The van der Waals surface area contributed by atoms with Crippen LogP contribution in [0.1, 0.15) is 34.8 Å². The second-order valence-corrected chi connectivity index (χ2v) is 8.04. The molecule has 2 N–H and O–H groups in total. The van der Waals surface area contributed by atoms with Crippen molar-refractivity contribution in [3.8, 4) is 11.5 Å². The zero-order chi connectivity index (χ0) is 26.5. The molecule has 0 bridgehead atoms. The van der Waals surface area contributed by atoms with Gasteiger partial charge in [-0.15, -0.1) is 0 Å². The van der Waals surface area contributed by atoms with Crippen LogP contribution in [0.4, 0.5) is 27.6 Å². The first-order valence-electron chi connectivity index (χ1n) is 10.6. The van der Waals surface area contributed by atoms with Crippen molar-refractivity contribution in [2.75, 3.05) is 18.9 Å². The second-order valence-electron chi connectivity index (χ2n) is 8.04. The van der Waals surface area contributed by atoms with Gasteiger partial charge in [-0.05, 0) is 36.9 Å². The van der Waals surface area contributed by atoms with Gasteiger partial charge in [0, 0.05) is 31.6 Å². The average molecular weight is 511 g/mol. The SMILES string of the molecule is CC(CC(F)CN(C)/C=C\c1cc(-c2ncco2)c(F)cc1C=O)Nc1cn[nH]c(=O)c1C(F)(F)F. The lowest BCUT2D eigenvalue weighted by Gasteiger charge is -2.22. The van der Waals surface area contributed by atoms with Gasteiger partial charge in [0.15, 0.2) is 6.29 Å². The number of H-pyrrole nitrogens is 1. The fourth-order valence-corrected chi connectivity index (χ4v) is 3.52. The van der Waals surface area contributed by atoms with Crippen LogP contribution in [-0.2, 0) is 6.18 Å². The quantitative estimate of drug-likeness (QED) is 0.305. The Morgan fingerprint density at radius 3 is 2.67 bits per heavy atom. The van der Waals surface area contributed by atoms with Gasteiger partial charge in [0.25, 0.3) is 5.56 Å². The number of hydrogen-bond donors (Lipinski definition) is 2. The Kier molecular flexibility index (Phi) is 8.22. The largest absolute Gasteiger partial charge is 0.444 e. The molecule has 2 atom stereocenters. The Morgan fingerprint density at radius 2 is 2.03 bits per heavy atom.